The van der Waals surface area contributed by atoms with Gasteiger partial charge in [0.25, 0.3) is 0 Å². The van der Waals surface area contributed by atoms with E-state index in [0.717, 1.165) is 18.5 Å². The van der Waals surface area contributed by atoms with Crippen LogP contribution in [-0.2, 0) is 11.3 Å². The molecule has 0 saturated carbocycles. The number of nitrogens with zero attached hydrogens (tertiary/aromatic N) is 1. The van der Waals surface area contributed by atoms with Gasteiger partial charge in [0.05, 0.1) is 6.54 Å². The van der Waals surface area contributed by atoms with E-state index in [-0.39, 0.29) is 18.3 Å². The van der Waals surface area contributed by atoms with Crippen molar-refractivity contribution in [2.24, 2.45) is 0 Å². The zero-order valence-corrected chi connectivity index (χ0v) is 11.2. The number of carbonyl (C=O) groups excluding carboxylic acids is 1. The number of amides is 1. The number of aliphatic hydroxyl groups excluding tert-OH is 1. The van der Waals surface area contributed by atoms with Crippen LogP contribution in [0.25, 0.3) is 0 Å². The lowest BCUT2D eigenvalue weighted by Crippen LogP contribution is -2.32. The van der Waals surface area contributed by atoms with Gasteiger partial charge in [-0.05, 0) is 24.1 Å². The molecule has 5 heteroatoms. The molecule has 1 fully saturated rings. The SMILES string of the molecule is O=C1CN(Cc2ccc(F)cc2C#CCO)CCCN1. The van der Waals surface area contributed by atoms with Crippen molar-refractivity contribution >= 4 is 5.91 Å². The highest BCUT2D eigenvalue weighted by Gasteiger charge is 2.15. The number of hydrogen-bond donors (Lipinski definition) is 2. The number of nitrogens with one attached hydrogen (secondary N) is 1. The summed E-state index contributed by atoms with van der Waals surface area (Å²) < 4.78 is 13.3. The molecule has 2 rings (SSSR count). The first-order valence-electron chi connectivity index (χ1n) is 6.56. The fourth-order valence-electron chi connectivity index (χ4n) is 2.18. The Morgan fingerprint density at radius 3 is 3.10 bits per heavy atom. The Bertz CT molecular complexity index is 549. The molecule has 0 aromatic heterocycles. The number of aliphatic hydroxyl groups is 1. The molecule has 0 radical (unpaired) electrons. The smallest absolute Gasteiger partial charge is 0.234 e. The Labute approximate surface area is 117 Å². The van der Waals surface area contributed by atoms with Crippen LogP contribution in [0.3, 0.4) is 0 Å². The predicted octanol–water partition coefficient (Wildman–Crippen LogP) is 0.491. The van der Waals surface area contributed by atoms with Crippen molar-refractivity contribution in [3.05, 3.63) is 35.1 Å². The van der Waals surface area contributed by atoms with Crippen molar-refractivity contribution in [1.29, 1.82) is 0 Å². The van der Waals surface area contributed by atoms with Gasteiger partial charge in [-0.3, -0.25) is 9.69 Å². The quantitative estimate of drug-likeness (QED) is 0.773. The molecule has 4 nitrogen and oxygen atoms in total. The molecule has 1 aromatic rings. The maximum absolute atomic E-state index is 13.3. The minimum absolute atomic E-state index is 0.00704. The minimum atomic E-state index is -0.357. The van der Waals surface area contributed by atoms with Crippen LogP contribution >= 0.6 is 0 Å². The molecule has 20 heavy (non-hydrogen) atoms. The van der Waals surface area contributed by atoms with Crippen LogP contribution in [-0.4, -0.2) is 42.2 Å². The molecule has 0 unspecified atom stereocenters. The first-order chi connectivity index (χ1) is 9.69. The van der Waals surface area contributed by atoms with Gasteiger partial charge in [0.2, 0.25) is 5.91 Å². The third kappa shape index (κ3) is 4.05. The molecule has 0 atom stereocenters. The highest BCUT2D eigenvalue weighted by atomic mass is 19.1. The van der Waals surface area contributed by atoms with E-state index in [1.165, 1.54) is 12.1 Å². The molecule has 0 spiro atoms. The van der Waals surface area contributed by atoms with E-state index in [1.54, 1.807) is 6.07 Å². The van der Waals surface area contributed by atoms with E-state index >= 15 is 0 Å². The number of rotatable bonds is 2. The average molecular weight is 276 g/mol. The molecular weight excluding hydrogens is 259 g/mol. The van der Waals surface area contributed by atoms with Crippen molar-refractivity contribution in [3.63, 3.8) is 0 Å². The summed E-state index contributed by atoms with van der Waals surface area (Å²) in [7, 11) is 0. The van der Waals surface area contributed by atoms with Gasteiger partial charge in [0.1, 0.15) is 12.4 Å². The number of benzene rings is 1. The first kappa shape index (κ1) is 14.5. The van der Waals surface area contributed by atoms with Crippen LogP contribution in [0.1, 0.15) is 17.5 Å². The number of halogens is 1. The van der Waals surface area contributed by atoms with Crippen molar-refractivity contribution < 1.29 is 14.3 Å². The van der Waals surface area contributed by atoms with Gasteiger partial charge in [0, 0.05) is 25.2 Å². The van der Waals surface area contributed by atoms with Crippen LogP contribution in [0.4, 0.5) is 4.39 Å². The molecule has 2 N–H and O–H groups in total. The molecule has 1 aromatic carbocycles. The third-order valence-electron chi connectivity index (χ3n) is 3.11. The van der Waals surface area contributed by atoms with Gasteiger partial charge >= 0.3 is 0 Å². The van der Waals surface area contributed by atoms with E-state index in [4.69, 9.17) is 5.11 Å². The second-order valence-corrected chi connectivity index (χ2v) is 4.68. The molecule has 1 saturated heterocycles. The lowest BCUT2D eigenvalue weighted by atomic mass is 10.1. The second kappa shape index (κ2) is 7.04. The van der Waals surface area contributed by atoms with Gasteiger partial charge in [-0.15, -0.1) is 0 Å². The summed E-state index contributed by atoms with van der Waals surface area (Å²) in [5, 5.41) is 11.6. The van der Waals surface area contributed by atoms with Crippen molar-refractivity contribution in [2.45, 2.75) is 13.0 Å². The highest BCUT2D eigenvalue weighted by Crippen LogP contribution is 2.14. The van der Waals surface area contributed by atoms with Crippen LogP contribution in [0.2, 0.25) is 0 Å². The van der Waals surface area contributed by atoms with Gasteiger partial charge in [-0.2, -0.15) is 0 Å². The summed E-state index contributed by atoms with van der Waals surface area (Å²) in [5.74, 6) is 4.93. The minimum Gasteiger partial charge on any atom is -0.384 e. The van der Waals surface area contributed by atoms with Crippen LogP contribution in [0.15, 0.2) is 18.2 Å². The summed E-state index contributed by atoms with van der Waals surface area (Å²) in [6, 6.07) is 4.42. The fourth-order valence-corrected chi connectivity index (χ4v) is 2.18. The Kier molecular flexibility index (Phi) is 5.10. The maximum atomic E-state index is 13.3. The molecule has 0 aliphatic carbocycles. The van der Waals surface area contributed by atoms with Crippen LogP contribution in [0, 0.1) is 17.7 Å². The van der Waals surface area contributed by atoms with E-state index in [9.17, 15) is 9.18 Å². The number of carbonyl (C=O) groups is 1. The number of hydrogen-bond acceptors (Lipinski definition) is 3. The van der Waals surface area contributed by atoms with E-state index in [2.05, 4.69) is 17.2 Å². The molecule has 1 aliphatic rings. The Morgan fingerprint density at radius 2 is 2.30 bits per heavy atom. The summed E-state index contributed by atoms with van der Waals surface area (Å²) in [6.45, 7) is 2.12. The summed E-state index contributed by atoms with van der Waals surface area (Å²) in [6.07, 6.45) is 0.893. The lowest BCUT2D eigenvalue weighted by Gasteiger charge is -2.19. The molecule has 1 amide bonds. The van der Waals surface area contributed by atoms with Crippen LogP contribution in [0.5, 0.6) is 0 Å². The van der Waals surface area contributed by atoms with Gasteiger partial charge < -0.3 is 10.4 Å². The second-order valence-electron chi connectivity index (χ2n) is 4.68. The molecular formula is C15H17FN2O2. The molecule has 1 heterocycles. The maximum Gasteiger partial charge on any atom is 0.234 e. The summed E-state index contributed by atoms with van der Waals surface area (Å²) in [4.78, 5) is 13.5. The van der Waals surface area contributed by atoms with Crippen LogP contribution < -0.4 is 5.32 Å². The molecule has 1 aliphatic heterocycles. The summed E-state index contributed by atoms with van der Waals surface area (Å²) in [5.41, 5.74) is 1.42. The normalized spacial score (nSPS) is 16.0. The van der Waals surface area contributed by atoms with E-state index in [1.807, 2.05) is 4.90 Å². The summed E-state index contributed by atoms with van der Waals surface area (Å²) >= 11 is 0. The predicted molar refractivity (Wildman–Crippen MR) is 73.3 cm³/mol. The third-order valence-corrected chi connectivity index (χ3v) is 3.11. The van der Waals surface area contributed by atoms with Gasteiger partial charge in [-0.25, -0.2) is 4.39 Å². The van der Waals surface area contributed by atoms with Gasteiger partial charge in [0.15, 0.2) is 0 Å². The largest absolute Gasteiger partial charge is 0.384 e. The highest BCUT2D eigenvalue weighted by molar-refractivity contribution is 5.78. The molecule has 0 bridgehead atoms. The fraction of sp³-hybridized carbons (Fsp3) is 0.400. The standard InChI is InChI=1S/C15H17FN2O2/c16-14-5-4-13(12(9-14)3-1-8-19)10-18-7-2-6-17-15(20)11-18/h4-5,9,19H,2,6-8,10-11H2,(H,17,20). The van der Waals surface area contributed by atoms with Crippen molar-refractivity contribution in [1.82, 2.24) is 10.2 Å². The van der Waals surface area contributed by atoms with E-state index in [0.29, 0.717) is 25.2 Å². The Balaban J connectivity index is 2.17. The lowest BCUT2D eigenvalue weighted by molar-refractivity contribution is -0.121. The average Bonchev–Trinajstić information content (AvgIpc) is 2.63. The topological polar surface area (TPSA) is 52.6 Å². The Morgan fingerprint density at radius 1 is 1.45 bits per heavy atom. The van der Waals surface area contributed by atoms with E-state index < -0.39 is 0 Å². The van der Waals surface area contributed by atoms with Crippen molar-refractivity contribution in [3.8, 4) is 11.8 Å². The monoisotopic (exact) mass is 276 g/mol. The van der Waals surface area contributed by atoms with Gasteiger partial charge in [-0.1, -0.05) is 17.9 Å². The zero-order chi connectivity index (χ0) is 14.4. The molecule has 106 valence electrons. The zero-order valence-electron chi connectivity index (χ0n) is 11.2. The first-order valence-corrected chi connectivity index (χ1v) is 6.56. The van der Waals surface area contributed by atoms with Crippen molar-refractivity contribution in [2.75, 3.05) is 26.2 Å². The Hall–Kier alpha value is -1.90.